The summed E-state index contributed by atoms with van der Waals surface area (Å²) in [5.74, 6) is 0. The van der Waals surface area contributed by atoms with Crippen LogP contribution >= 0.6 is 11.6 Å². The Labute approximate surface area is 67.3 Å². The lowest BCUT2D eigenvalue weighted by atomic mass is 9.49. The molecule has 1 aromatic carbocycles. The van der Waals surface area contributed by atoms with Crippen molar-refractivity contribution >= 4 is 23.8 Å². The zero-order valence-corrected chi connectivity index (χ0v) is 7.02. The number of rotatable bonds is 1. The molecule has 0 bridgehead atoms. The molecule has 10 heavy (non-hydrogen) atoms. The molecule has 0 unspecified atom stereocenters. The highest BCUT2D eigenvalue weighted by molar-refractivity contribution is 6.73. The van der Waals surface area contributed by atoms with Crippen molar-refractivity contribution < 1.29 is 0 Å². The van der Waals surface area contributed by atoms with Crippen molar-refractivity contribution in [3.8, 4) is 0 Å². The van der Waals surface area contributed by atoms with Gasteiger partial charge < -0.3 is 0 Å². The first-order valence-electron chi connectivity index (χ1n) is 3.46. The van der Waals surface area contributed by atoms with Crippen LogP contribution in [0.25, 0.3) is 0 Å². The number of hydrogen-bond acceptors (Lipinski definition) is 0. The van der Waals surface area contributed by atoms with Crippen LogP contribution in [0.4, 0.5) is 0 Å². The lowest BCUT2D eigenvalue weighted by Crippen LogP contribution is -2.23. The van der Waals surface area contributed by atoms with E-state index in [1.54, 1.807) is 0 Å². The van der Waals surface area contributed by atoms with Gasteiger partial charge in [-0.05, 0) is 6.07 Å². The van der Waals surface area contributed by atoms with Gasteiger partial charge in [-0.15, -0.1) is 0 Å². The number of benzene rings is 1. The van der Waals surface area contributed by atoms with Crippen LogP contribution in [0.5, 0.6) is 0 Å². The van der Waals surface area contributed by atoms with E-state index in [2.05, 4.69) is 19.7 Å². The Balaban J connectivity index is 3.03. The van der Waals surface area contributed by atoms with Crippen LogP contribution in [0.2, 0.25) is 18.7 Å². The summed E-state index contributed by atoms with van der Waals surface area (Å²) in [5, 5.41) is 0.873. The van der Waals surface area contributed by atoms with Crippen molar-refractivity contribution in [1.29, 1.82) is 0 Å². The van der Waals surface area contributed by atoms with Crippen molar-refractivity contribution in [3.05, 3.63) is 29.3 Å². The Kier molecular flexibility index (Phi) is 2.39. The third kappa shape index (κ3) is 1.54. The van der Waals surface area contributed by atoms with Crippen molar-refractivity contribution in [3.63, 3.8) is 0 Å². The van der Waals surface area contributed by atoms with Gasteiger partial charge in [-0.2, -0.15) is 0 Å². The maximum absolute atomic E-state index is 5.92. The molecular formula is C8H10BCl. The second-order valence-corrected chi connectivity index (χ2v) is 3.08. The van der Waals surface area contributed by atoms with Crippen LogP contribution in [-0.2, 0) is 0 Å². The van der Waals surface area contributed by atoms with E-state index in [1.807, 2.05) is 18.2 Å². The molecule has 1 aromatic rings. The Bertz CT molecular complexity index is 220. The molecule has 52 valence electrons. The molecule has 0 radical (unpaired) electrons. The average Bonchev–Trinajstić information content (AvgIpc) is 1.88. The molecule has 0 saturated heterocycles. The third-order valence-electron chi connectivity index (χ3n) is 1.53. The molecule has 1 rings (SSSR count). The van der Waals surface area contributed by atoms with Gasteiger partial charge in [0.25, 0.3) is 0 Å². The normalized spacial score (nSPS) is 9.50. The topological polar surface area (TPSA) is 0 Å². The molecule has 0 aliphatic rings. The highest BCUT2D eigenvalue weighted by Gasteiger charge is 2.04. The van der Waals surface area contributed by atoms with Gasteiger partial charge in [0, 0.05) is 5.02 Å². The van der Waals surface area contributed by atoms with Crippen LogP contribution in [-0.4, -0.2) is 6.71 Å². The van der Waals surface area contributed by atoms with Crippen LogP contribution in [0.1, 0.15) is 0 Å². The van der Waals surface area contributed by atoms with Crippen LogP contribution in [0.3, 0.4) is 0 Å². The van der Waals surface area contributed by atoms with Crippen molar-refractivity contribution in [1.82, 2.24) is 0 Å². The molecule has 0 saturated carbocycles. The fraction of sp³-hybridized carbons (Fsp3) is 0.250. The molecular weight excluding hydrogens is 142 g/mol. The van der Waals surface area contributed by atoms with Gasteiger partial charge in [0.05, 0.1) is 0 Å². The molecule has 0 fully saturated rings. The van der Waals surface area contributed by atoms with Crippen LogP contribution < -0.4 is 5.46 Å². The highest BCUT2D eigenvalue weighted by Crippen LogP contribution is 2.04. The monoisotopic (exact) mass is 152 g/mol. The summed E-state index contributed by atoms with van der Waals surface area (Å²) in [5.41, 5.74) is 1.23. The first-order valence-corrected chi connectivity index (χ1v) is 3.84. The molecule has 0 aliphatic carbocycles. The Morgan fingerprint density at radius 1 is 1.20 bits per heavy atom. The Morgan fingerprint density at radius 3 is 2.20 bits per heavy atom. The van der Waals surface area contributed by atoms with E-state index in [1.165, 1.54) is 5.46 Å². The smallest absolute Gasteiger partial charge is 0.0849 e. The van der Waals surface area contributed by atoms with E-state index in [0.29, 0.717) is 6.71 Å². The summed E-state index contributed by atoms with van der Waals surface area (Å²) in [4.78, 5) is 0. The largest absolute Gasteiger partial charge is 0.171 e. The molecule has 0 amide bonds. The summed E-state index contributed by atoms with van der Waals surface area (Å²) in [6, 6.07) is 7.96. The third-order valence-corrected chi connectivity index (χ3v) is 1.87. The van der Waals surface area contributed by atoms with Crippen molar-refractivity contribution in [2.75, 3.05) is 0 Å². The predicted octanol–water partition coefficient (Wildman–Crippen LogP) is 2.30. The average molecular weight is 152 g/mol. The molecule has 2 heteroatoms. The van der Waals surface area contributed by atoms with E-state index >= 15 is 0 Å². The minimum absolute atomic E-state index is 0.522. The molecule has 0 aromatic heterocycles. The summed E-state index contributed by atoms with van der Waals surface area (Å²) < 4.78 is 0. The standard InChI is InChI=1S/C8H10BCl/c1-9(2)7-5-3-4-6-8(7)10/h3-6H,1-2H3. The zero-order chi connectivity index (χ0) is 7.56. The molecule has 0 nitrogen and oxygen atoms in total. The number of hydrogen-bond donors (Lipinski definition) is 0. The fourth-order valence-corrected chi connectivity index (χ4v) is 1.30. The second-order valence-electron chi connectivity index (χ2n) is 2.68. The molecule has 0 spiro atoms. The predicted molar refractivity (Wildman–Crippen MR) is 48.6 cm³/mol. The summed E-state index contributed by atoms with van der Waals surface area (Å²) in [6.45, 7) is 4.80. The molecule has 0 atom stereocenters. The zero-order valence-electron chi connectivity index (χ0n) is 6.26. The van der Waals surface area contributed by atoms with E-state index < -0.39 is 0 Å². The summed E-state index contributed by atoms with van der Waals surface area (Å²) in [6.07, 6.45) is 0. The molecule has 0 aliphatic heterocycles. The van der Waals surface area contributed by atoms with Gasteiger partial charge >= 0.3 is 0 Å². The van der Waals surface area contributed by atoms with Gasteiger partial charge in [0.1, 0.15) is 0 Å². The first kappa shape index (κ1) is 7.68. The van der Waals surface area contributed by atoms with E-state index in [-0.39, 0.29) is 0 Å². The Morgan fingerprint density at radius 2 is 1.80 bits per heavy atom. The molecule has 0 heterocycles. The lowest BCUT2D eigenvalue weighted by Gasteiger charge is -2.02. The van der Waals surface area contributed by atoms with E-state index in [4.69, 9.17) is 11.6 Å². The molecule has 0 N–H and O–H groups in total. The van der Waals surface area contributed by atoms with Crippen LogP contribution in [0.15, 0.2) is 24.3 Å². The quantitative estimate of drug-likeness (QED) is 0.542. The lowest BCUT2D eigenvalue weighted by molar-refractivity contribution is 1.74. The minimum atomic E-state index is 0.522. The number of halogens is 1. The summed E-state index contributed by atoms with van der Waals surface area (Å²) in [7, 11) is 0. The highest BCUT2D eigenvalue weighted by atomic mass is 35.5. The SMILES string of the molecule is CB(C)c1ccccc1Cl. The fourth-order valence-electron chi connectivity index (χ4n) is 0.943. The van der Waals surface area contributed by atoms with E-state index in [9.17, 15) is 0 Å². The van der Waals surface area contributed by atoms with Gasteiger partial charge in [-0.25, -0.2) is 0 Å². The van der Waals surface area contributed by atoms with Crippen molar-refractivity contribution in [2.24, 2.45) is 0 Å². The van der Waals surface area contributed by atoms with Gasteiger partial charge in [0.15, 0.2) is 6.71 Å². The maximum atomic E-state index is 5.92. The van der Waals surface area contributed by atoms with Gasteiger partial charge in [-0.1, -0.05) is 48.9 Å². The van der Waals surface area contributed by atoms with Gasteiger partial charge in [-0.3, -0.25) is 0 Å². The van der Waals surface area contributed by atoms with Gasteiger partial charge in [0.2, 0.25) is 0 Å². The first-order chi connectivity index (χ1) is 4.72. The second kappa shape index (κ2) is 3.11. The summed E-state index contributed by atoms with van der Waals surface area (Å²) >= 11 is 5.92. The van der Waals surface area contributed by atoms with Crippen molar-refractivity contribution in [2.45, 2.75) is 13.6 Å². The minimum Gasteiger partial charge on any atom is -0.0849 e. The van der Waals surface area contributed by atoms with Crippen LogP contribution in [0, 0.1) is 0 Å². The van der Waals surface area contributed by atoms with E-state index in [0.717, 1.165) is 5.02 Å². The Hall–Kier alpha value is -0.425. The maximum Gasteiger partial charge on any atom is 0.171 e.